The van der Waals surface area contributed by atoms with Crippen LogP contribution in [0, 0.1) is 9.10 Å². The number of halogens is 1. The number of Topliss-reactive ketones (excluding diaryl/α,β-unsaturated/α-hetero) is 1. The van der Waals surface area contributed by atoms with Gasteiger partial charge in [-0.3, -0.25) is 9.59 Å². The second-order valence-corrected chi connectivity index (χ2v) is 4.42. The third-order valence-corrected chi connectivity index (χ3v) is 2.66. The molecule has 0 bridgehead atoms. The van der Waals surface area contributed by atoms with Crippen molar-refractivity contribution < 1.29 is 14.3 Å². The van der Waals surface area contributed by atoms with E-state index in [0.717, 1.165) is 3.57 Å². The van der Waals surface area contributed by atoms with Gasteiger partial charge in [0.1, 0.15) is 6.42 Å². The van der Waals surface area contributed by atoms with Gasteiger partial charge in [0.05, 0.1) is 12.3 Å². The molecule has 6 heteroatoms. The van der Waals surface area contributed by atoms with Crippen molar-refractivity contribution in [2.24, 2.45) is 5.11 Å². The Balaban J connectivity index is 2.91. The van der Waals surface area contributed by atoms with E-state index in [4.69, 9.17) is 10.3 Å². The van der Waals surface area contributed by atoms with Gasteiger partial charge in [-0.05, 0) is 47.7 Å². The largest absolute Gasteiger partial charge is 0.466 e. The molecule has 0 aliphatic heterocycles. The fourth-order valence-electron chi connectivity index (χ4n) is 1.27. The van der Waals surface area contributed by atoms with Gasteiger partial charge in [0.2, 0.25) is 0 Å². The molecule has 0 saturated heterocycles. The topological polar surface area (TPSA) is 79.6 Å². The highest BCUT2D eigenvalue weighted by Crippen LogP contribution is 2.23. The number of esters is 1. The number of ketones is 1. The van der Waals surface area contributed by atoms with Crippen LogP contribution in [-0.2, 0) is 9.53 Å². The van der Waals surface area contributed by atoms with Crippen LogP contribution < -0.4 is 0 Å². The van der Waals surface area contributed by atoms with Gasteiger partial charge in [-0.15, -0.1) is 0 Å². The summed E-state index contributed by atoms with van der Waals surface area (Å²) in [4.78, 5) is 23.0. The van der Waals surface area contributed by atoms with Gasteiger partial charge in [0, 0.05) is 9.13 Å². The van der Waals surface area contributed by atoms with E-state index < -0.39 is 5.97 Å². The van der Waals surface area contributed by atoms with Crippen LogP contribution in [0.1, 0.15) is 23.7 Å². The van der Waals surface area contributed by atoms with E-state index in [1.807, 2.05) is 0 Å². The minimum atomic E-state index is -0.563. The molecule has 0 fully saturated rings. The molecule has 0 heterocycles. The van der Waals surface area contributed by atoms with E-state index in [0.29, 0.717) is 0 Å². The lowest BCUT2D eigenvalue weighted by molar-refractivity contribution is -0.141. The molecule has 1 aromatic carbocycles. The maximum Gasteiger partial charge on any atom is 0.313 e. The maximum atomic E-state index is 11.8. The van der Waals surface area contributed by atoms with Gasteiger partial charge in [-0.2, -0.15) is 5.11 Å². The number of nitrogens with one attached hydrogen (secondary N) is 1. The predicted molar refractivity (Wildman–Crippen MR) is 69.5 cm³/mol. The SMILES string of the molecule is CCOC(=O)CC(=O)c1cc(I)ccc1N=N. The molecule has 0 aromatic heterocycles. The van der Waals surface area contributed by atoms with Gasteiger partial charge in [-0.25, -0.2) is 5.53 Å². The smallest absolute Gasteiger partial charge is 0.313 e. The molecule has 0 aliphatic carbocycles. The average Bonchev–Trinajstić information content (AvgIpc) is 2.29. The minimum Gasteiger partial charge on any atom is -0.466 e. The van der Waals surface area contributed by atoms with Gasteiger partial charge in [0.15, 0.2) is 5.78 Å². The van der Waals surface area contributed by atoms with Crippen molar-refractivity contribution >= 4 is 40.0 Å². The molecular weight excluding hydrogens is 335 g/mol. The Bertz CT molecular complexity index is 460. The van der Waals surface area contributed by atoms with Gasteiger partial charge in [-0.1, -0.05) is 0 Å². The summed E-state index contributed by atoms with van der Waals surface area (Å²) >= 11 is 2.05. The Kier molecular flexibility index (Phi) is 5.20. The van der Waals surface area contributed by atoms with Crippen LogP contribution >= 0.6 is 22.6 Å². The molecule has 0 radical (unpaired) electrons. The fraction of sp³-hybridized carbons (Fsp3) is 0.273. The van der Waals surface area contributed by atoms with E-state index in [2.05, 4.69) is 27.7 Å². The lowest BCUT2D eigenvalue weighted by Crippen LogP contribution is -2.11. The zero-order valence-corrected chi connectivity index (χ0v) is 11.4. The van der Waals surface area contributed by atoms with Crippen molar-refractivity contribution in [2.45, 2.75) is 13.3 Å². The molecule has 1 rings (SSSR count). The van der Waals surface area contributed by atoms with Crippen LogP contribution in [0.4, 0.5) is 5.69 Å². The number of hydrogen-bond donors (Lipinski definition) is 1. The van der Waals surface area contributed by atoms with Crippen LogP contribution in [0.15, 0.2) is 23.3 Å². The van der Waals surface area contributed by atoms with Crippen LogP contribution in [0.2, 0.25) is 0 Å². The third kappa shape index (κ3) is 3.88. The molecule has 5 nitrogen and oxygen atoms in total. The fourth-order valence-corrected chi connectivity index (χ4v) is 1.76. The van der Waals surface area contributed by atoms with E-state index in [-0.39, 0.29) is 30.1 Å². The summed E-state index contributed by atoms with van der Waals surface area (Å²) in [5.74, 6) is -0.944. The second kappa shape index (κ2) is 6.43. The van der Waals surface area contributed by atoms with E-state index in [9.17, 15) is 9.59 Å². The lowest BCUT2D eigenvalue weighted by atomic mass is 10.1. The van der Waals surface area contributed by atoms with Crippen molar-refractivity contribution in [1.82, 2.24) is 0 Å². The Morgan fingerprint density at radius 1 is 1.47 bits per heavy atom. The summed E-state index contributed by atoms with van der Waals surface area (Å²) in [7, 11) is 0. The molecule has 90 valence electrons. The molecule has 0 aliphatic rings. The van der Waals surface area contributed by atoms with Crippen molar-refractivity contribution in [1.29, 1.82) is 5.53 Å². The predicted octanol–water partition coefficient (Wildman–Crippen LogP) is 3.09. The maximum absolute atomic E-state index is 11.8. The molecule has 0 amide bonds. The molecular formula is C11H11IN2O3. The standard InChI is InChI=1S/C11H11IN2O3/c1-2-17-11(16)6-10(15)8-5-7(12)3-4-9(8)14-13/h3-5,13H,2,6H2,1H3. The van der Waals surface area contributed by atoms with Crippen LogP contribution in [0.5, 0.6) is 0 Å². The molecule has 0 atom stereocenters. The zero-order valence-electron chi connectivity index (χ0n) is 9.20. The first-order valence-corrected chi connectivity index (χ1v) is 6.02. The second-order valence-electron chi connectivity index (χ2n) is 3.18. The van der Waals surface area contributed by atoms with E-state index in [1.54, 1.807) is 25.1 Å². The van der Waals surface area contributed by atoms with Crippen molar-refractivity contribution in [3.63, 3.8) is 0 Å². The number of benzene rings is 1. The van der Waals surface area contributed by atoms with Crippen LogP contribution in [-0.4, -0.2) is 18.4 Å². The zero-order chi connectivity index (χ0) is 12.8. The van der Waals surface area contributed by atoms with E-state index in [1.165, 1.54) is 0 Å². The summed E-state index contributed by atoms with van der Waals surface area (Å²) in [5.41, 5.74) is 7.51. The summed E-state index contributed by atoms with van der Waals surface area (Å²) in [6.45, 7) is 1.92. The number of ether oxygens (including phenoxy) is 1. The molecule has 0 unspecified atom stereocenters. The van der Waals surface area contributed by atoms with Crippen molar-refractivity contribution in [3.8, 4) is 0 Å². The minimum absolute atomic E-state index is 0.244. The highest BCUT2D eigenvalue weighted by Gasteiger charge is 2.16. The molecule has 1 N–H and O–H groups in total. The summed E-state index contributed by atoms with van der Waals surface area (Å²) in [5, 5.41) is 3.26. The number of hydrogen-bond acceptors (Lipinski definition) is 5. The highest BCUT2D eigenvalue weighted by atomic mass is 127. The molecule has 0 saturated carbocycles. The third-order valence-electron chi connectivity index (χ3n) is 1.99. The van der Waals surface area contributed by atoms with Gasteiger partial charge in [0.25, 0.3) is 0 Å². The Labute approximate surface area is 112 Å². The number of rotatable bonds is 5. The number of nitrogens with zero attached hydrogens (tertiary/aromatic N) is 1. The van der Waals surface area contributed by atoms with Crippen LogP contribution in [0.3, 0.4) is 0 Å². The first-order valence-electron chi connectivity index (χ1n) is 4.94. The Morgan fingerprint density at radius 3 is 2.76 bits per heavy atom. The van der Waals surface area contributed by atoms with Gasteiger partial charge >= 0.3 is 5.97 Å². The first-order chi connectivity index (χ1) is 8.08. The molecule has 0 spiro atoms. The first kappa shape index (κ1) is 13.8. The van der Waals surface area contributed by atoms with Crippen LogP contribution in [0.25, 0.3) is 0 Å². The summed E-state index contributed by atoms with van der Waals surface area (Å²) < 4.78 is 5.55. The molecule has 17 heavy (non-hydrogen) atoms. The van der Waals surface area contributed by atoms with E-state index >= 15 is 0 Å². The lowest BCUT2D eigenvalue weighted by Gasteiger charge is -2.04. The normalized spacial score (nSPS) is 9.76. The average molecular weight is 346 g/mol. The highest BCUT2D eigenvalue weighted by molar-refractivity contribution is 14.1. The molecule has 1 aromatic rings. The Morgan fingerprint density at radius 2 is 2.18 bits per heavy atom. The summed E-state index contributed by atoms with van der Waals surface area (Å²) in [6, 6.07) is 4.93. The van der Waals surface area contributed by atoms with Crippen molar-refractivity contribution in [2.75, 3.05) is 6.61 Å². The monoisotopic (exact) mass is 346 g/mol. The number of carbonyl (C=O) groups excluding carboxylic acids is 2. The quantitative estimate of drug-likeness (QED) is 0.293. The number of carbonyl (C=O) groups is 2. The summed E-state index contributed by atoms with van der Waals surface area (Å²) in [6.07, 6.45) is -0.323. The van der Waals surface area contributed by atoms with Gasteiger partial charge < -0.3 is 4.74 Å². The van der Waals surface area contributed by atoms with Crippen molar-refractivity contribution in [3.05, 3.63) is 27.3 Å². The Hall–Kier alpha value is -1.31.